The van der Waals surface area contributed by atoms with E-state index in [2.05, 4.69) is 22.0 Å². The van der Waals surface area contributed by atoms with E-state index in [4.69, 9.17) is 0 Å². The number of hydrogen-bond donors (Lipinski definition) is 0. The van der Waals surface area contributed by atoms with Crippen LogP contribution in [0.1, 0.15) is 43.2 Å². The van der Waals surface area contributed by atoms with Crippen molar-refractivity contribution in [3.05, 3.63) is 81.3 Å². The van der Waals surface area contributed by atoms with Crippen molar-refractivity contribution in [3.63, 3.8) is 0 Å². The predicted octanol–water partition coefficient (Wildman–Crippen LogP) is 4.21. The molecule has 1 amide bonds. The lowest BCUT2D eigenvalue weighted by atomic mass is 10.1. The highest BCUT2D eigenvalue weighted by Gasteiger charge is 2.25. The summed E-state index contributed by atoms with van der Waals surface area (Å²) in [7, 11) is 0. The van der Waals surface area contributed by atoms with Gasteiger partial charge in [-0.05, 0) is 43.7 Å². The Balaban J connectivity index is 1.39. The van der Waals surface area contributed by atoms with E-state index in [0.717, 1.165) is 46.3 Å². The molecule has 1 fully saturated rings. The van der Waals surface area contributed by atoms with Crippen LogP contribution < -0.4 is 4.90 Å². The van der Waals surface area contributed by atoms with Gasteiger partial charge < -0.3 is 9.80 Å². The number of Topliss-reactive ketones (excluding diaryl/α,β-unsaturated/α-hetero) is 1. The molecule has 6 heteroatoms. The molecule has 2 aromatic carbocycles. The molecule has 0 spiro atoms. The zero-order valence-corrected chi connectivity index (χ0v) is 18.1. The molecule has 3 aromatic rings. The van der Waals surface area contributed by atoms with E-state index >= 15 is 0 Å². The number of carbonyl (C=O) groups is 2. The van der Waals surface area contributed by atoms with Crippen molar-refractivity contribution < 1.29 is 9.59 Å². The highest BCUT2D eigenvalue weighted by atomic mass is 32.1. The maximum atomic E-state index is 13.1. The standard InChI is InChI=1S/C24H25N3O2S/c1-17-23(30-22(25-17)16-19-6-4-3-5-7-19)24(29)27-14-12-26(13-15-27)21-10-8-20(9-11-21)18(2)28/h3-11H,12-16H2,1-2H3. The van der Waals surface area contributed by atoms with Gasteiger partial charge in [0.05, 0.1) is 10.7 Å². The van der Waals surface area contributed by atoms with Gasteiger partial charge in [-0.15, -0.1) is 11.3 Å². The van der Waals surface area contributed by atoms with Gasteiger partial charge in [0.1, 0.15) is 4.88 Å². The number of aromatic nitrogens is 1. The summed E-state index contributed by atoms with van der Waals surface area (Å²) in [6, 6.07) is 17.9. The maximum absolute atomic E-state index is 13.1. The van der Waals surface area contributed by atoms with Crippen molar-refractivity contribution in [1.82, 2.24) is 9.88 Å². The van der Waals surface area contributed by atoms with Gasteiger partial charge in [-0.3, -0.25) is 9.59 Å². The first-order chi connectivity index (χ1) is 14.5. The van der Waals surface area contributed by atoms with E-state index in [1.807, 2.05) is 54.3 Å². The van der Waals surface area contributed by atoms with Gasteiger partial charge in [-0.25, -0.2) is 4.98 Å². The first-order valence-corrected chi connectivity index (χ1v) is 11.0. The van der Waals surface area contributed by atoms with Crippen molar-refractivity contribution in [2.75, 3.05) is 31.1 Å². The Labute approximate surface area is 181 Å². The SMILES string of the molecule is CC(=O)c1ccc(N2CCN(C(=O)c3sc(Cc4ccccc4)nc3C)CC2)cc1. The van der Waals surface area contributed by atoms with Gasteiger partial charge in [0.25, 0.3) is 5.91 Å². The van der Waals surface area contributed by atoms with Crippen LogP contribution >= 0.6 is 11.3 Å². The summed E-state index contributed by atoms with van der Waals surface area (Å²) < 4.78 is 0. The fraction of sp³-hybridized carbons (Fsp3) is 0.292. The number of nitrogens with zero attached hydrogens (tertiary/aromatic N) is 3. The molecule has 154 valence electrons. The van der Waals surface area contributed by atoms with Crippen molar-refractivity contribution in [1.29, 1.82) is 0 Å². The second-order valence-electron chi connectivity index (χ2n) is 7.57. The Morgan fingerprint density at radius 2 is 1.63 bits per heavy atom. The van der Waals surface area contributed by atoms with Gasteiger partial charge in [0, 0.05) is 43.9 Å². The van der Waals surface area contributed by atoms with Gasteiger partial charge in [0.2, 0.25) is 0 Å². The van der Waals surface area contributed by atoms with Crippen LogP contribution in [0.3, 0.4) is 0 Å². The summed E-state index contributed by atoms with van der Waals surface area (Å²) in [6.07, 6.45) is 0.754. The fourth-order valence-corrected chi connectivity index (χ4v) is 4.78. The summed E-state index contributed by atoms with van der Waals surface area (Å²) in [5, 5.41) is 0.978. The van der Waals surface area contributed by atoms with E-state index in [0.29, 0.717) is 13.1 Å². The molecule has 1 aliphatic heterocycles. The highest BCUT2D eigenvalue weighted by molar-refractivity contribution is 7.13. The number of aryl methyl sites for hydroxylation is 1. The van der Waals surface area contributed by atoms with Crippen LogP contribution in [0.4, 0.5) is 5.69 Å². The molecule has 30 heavy (non-hydrogen) atoms. The number of ketones is 1. The van der Waals surface area contributed by atoms with Crippen LogP contribution in [0, 0.1) is 6.92 Å². The van der Waals surface area contributed by atoms with Crippen molar-refractivity contribution >= 4 is 28.7 Å². The molecule has 1 saturated heterocycles. The van der Waals surface area contributed by atoms with Crippen molar-refractivity contribution in [3.8, 4) is 0 Å². The first kappa shape index (κ1) is 20.3. The van der Waals surface area contributed by atoms with Gasteiger partial charge in [-0.1, -0.05) is 30.3 Å². The van der Waals surface area contributed by atoms with Gasteiger partial charge >= 0.3 is 0 Å². The first-order valence-electron chi connectivity index (χ1n) is 10.2. The van der Waals surface area contributed by atoms with Gasteiger partial charge in [-0.2, -0.15) is 0 Å². The lowest BCUT2D eigenvalue weighted by molar-refractivity contribution is 0.0750. The van der Waals surface area contributed by atoms with Crippen LogP contribution in [0.25, 0.3) is 0 Å². The number of carbonyl (C=O) groups excluding carboxylic acids is 2. The molecule has 0 bridgehead atoms. The molecule has 0 saturated carbocycles. The minimum atomic E-state index is 0.0727. The normalized spacial score (nSPS) is 14.1. The summed E-state index contributed by atoms with van der Waals surface area (Å²) >= 11 is 1.51. The Bertz CT molecular complexity index is 1040. The van der Waals surface area contributed by atoms with E-state index in [1.54, 1.807) is 6.92 Å². The van der Waals surface area contributed by atoms with E-state index < -0.39 is 0 Å². The predicted molar refractivity (Wildman–Crippen MR) is 121 cm³/mol. The molecule has 0 unspecified atom stereocenters. The zero-order chi connectivity index (χ0) is 21.1. The molecular weight excluding hydrogens is 394 g/mol. The third kappa shape index (κ3) is 4.44. The maximum Gasteiger partial charge on any atom is 0.265 e. The van der Waals surface area contributed by atoms with E-state index in [-0.39, 0.29) is 11.7 Å². The third-order valence-corrected chi connectivity index (χ3v) is 6.58. The molecule has 0 radical (unpaired) electrons. The van der Waals surface area contributed by atoms with Crippen LogP contribution in [-0.2, 0) is 6.42 Å². The summed E-state index contributed by atoms with van der Waals surface area (Å²) in [5.41, 5.74) is 3.83. The zero-order valence-electron chi connectivity index (χ0n) is 17.3. The summed E-state index contributed by atoms with van der Waals surface area (Å²) in [4.78, 5) is 34.1. The van der Waals surface area contributed by atoms with Crippen molar-refractivity contribution in [2.45, 2.75) is 20.3 Å². The van der Waals surface area contributed by atoms with Gasteiger partial charge in [0.15, 0.2) is 5.78 Å². The van der Waals surface area contributed by atoms with E-state index in [9.17, 15) is 9.59 Å². The Kier molecular flexibility index (Phi) is 5.95. The monoisotopic (exact) mass is 419 g/mol. The largest absolute Gasteiger partial charge is 0.368 e. The molecule has 2 heterocycles. The van der Waals surface area contributed by atoms with E-state index in [1.165, 1.54) is 16.9 Å². The Morgan fingerprint density at radius 1 is 0.967 bits per heavy atom. The highest BCUT2D eigenvalue weighted by Crippen LogP contribution is 2.24. The molecular formula is C24H25N3O2S. The number of benzene rings is 2. The second-order valence-corrected chi connectivity index (χ2v) is 8.65. The average Bonchev–Trinajstić information content (AvgIpc) is 3.14. The van der Waals surface area contributed by atoms with Crippen LogP contribution in [0.2, 0.25) is 0 Å². The number of rotatable bonds is 5. The molecule has 1 aromatic heterocycles. The number of amides is 1. The molecule has 5 nitrogen and oxygen atoms in total. The summed E-state index contributed by atoms with van der Waals surface area (Å²) in [5.74, 6) is 0.152. The summed E-state index contributed by atoms with van der Waals surface area (Å²) in [6.45, 7) is 6.41. The van der Waals surface area contributed by atoms with Crippen LogP contribution in [0.15, 0.2) is 54.6 Å². The lowest BCUT2D eigenvalue weighted by Crippen LogP contribution is -2.48. The van der Waals surface area contributed by atoms with Crippen molar-refractivity contribution in [2.24, 2.45) is 0 Å². The fourth-order valence-electron chi connectivity index (χ4n) is 3.72. The molecule has 0 N–H and O–H groups in total. The smallest absolute Gasteiger partial charge is 0.265 e. The number of thiazole rings is 1. The Morgan fingerprint density at radius 3 is 2.27 bits per heavy atom. The molecule has 0 atom stereocenters. The number of anilines is 1. The minimum Gasteiger partial charge on any atom is -0.368 e. The second kappa shape index (κ2) is 8.79. The number of hydrogen-bond acceptors (Lipinski definition) is 5. The third-order valence-electron chi connectivity index (χ3n) is 5.44. The molecule has 4 rings (SSSR count). The minimum absolute atomic E-state index is 0.0727. The Hall–Kier alpha value is -2.99. The number of piperazine rings is 1. The lowest BCUT2D eigenvalue weighted by Gasteiger charge is -2.36. The quantitative estimate of drug-likeness (QED) is 0.582. The van der Waals surface area contributed by atoms with Crippen LogP contribution in [-0.4, -0.2) is 47.8 Å². The van der Waals surface area contributed by atoms with Crippen LogP contribution in [0.5, 0.6) is 0 Å². The average molecular weight is 420 g/mol. The topological polar surface area (TPSA) is 53.5 Å². The molecule has 1 aliphatic rings. The molecule has 0 aliphatic carbocycles.